The summed E-state index contributed by atoms with van der Waals surface area (Å²) >= 11 is 1.51. The van der Waals surface area contributed by atoms with Gasteiger partial charge in [-0.05, 0) is 55.4 Å². The van der Waals surface area contributed by atoms with Crippen LogP contribution in [0.2, 0.25) is 0 Å². The monoisotopic (exact) mass is 424 g/mol. The summed E-state index contributed by atoms with van der Waals surface area (Å²) in [5.41, 5.74) is 1.50. The Bertz CT molecular complexity index is 1240. The largest absolute Gasteiger partial charge is 0.337 e. The minimum atomic E-state index is -0.563. The number of Topliss-reactive ketones (excluding diaryl/α,β-unsaturated/α-hetero) is 1. The van der Waals surface area contributed by atoms with Gasteiger partial charge in [-0.1, -0.05) is 39.8 Å². The fourth-order valence-electron chi connectivity index (χ4n) is 4.00. The summed E-state index contributed by atoms with van der Waals surface area (Å²) < 4.78 is 2.78. The van der Waals surface area contributed by atoms with Crippen molar-refractivity contribution in [2.75, 3.05) is 0 Å². The Morgan fingerprint density at radius 2 is 1.73 bits per heavy atom. The number of ketones is 1. The fourth-order valence-corrected chi connectivity index (χ4v) is 5.37. The van der Waals surface area contributed by atoms with Crippen molar-refractivity contribution in [1.29, 1.82) is 0 Å². The molecule has 2 heterocycles. The summed E-state index contributed by atoms with van der Waals surface area (Å²) in [4.78, 5) is 41.7. The zero-order valence-corrected chi connectivity index (χ0v) is 18.9. The Morgan fingerprint density at radius 1 is 1.07 bits per heavy atom. The standard InChI is InChI=1S/C24H28N2O3S/c1-5-15-10-12-16(13-11-15)26-21(28)20-17-8-6-7-9-18(17)30-22(20)25(23(26)29)14-19(27)24(2,3)4/h10-13H,5-9,14H2,1-4H3. The van der Waals surface area contributed by atoms with E-state index in [1.807, 2.05) is 45.0 Å². The zero-order chi connectivity index (χ0) is 21.6. The van der Waals surface area contributed by atoms with Crippen LogP contribution >= 0.6 is 11.3 Å². The third kappa shape index (κ3) is 3.47. The molecule has 1 aliphatic rings. The lowest BCUT2D eigenvalue weighted by Crippen LogP contribution is -2.41. The molecule has 0 N–H and O–H groups in total. The number of rotatable bonds is 4. The summed E-state index contributed by atoms with van der Waals surface area (Å²) in [5, 5.41) is 0.621. The molecule has 0 radical (unpaired) electrons. The normalized spacial score (nSPS) is 14.1. The number of aromatic nitrogens is 2. The minimum absolute atomic E-state index is 0.0223. The molecular formula is C24H28N2O3S. The lowest BCUT2D eigenvalue weighted by atomic mass is 9.91. The van der Waals surface area contributed by atoms with E-state index < -0.39 is 11.1 Å². The molecule has 0 spiro atoms. The van der Waals surface area contributed by atoms with E-state index in [-0.39, 0.29) is 17.9 Å². The van der Waals surface area contributed by atoms with E-state index in [2.05, 4.69) is 6.92 Å². The summed E-state index contributed by atoms with van der Waals surface area (Å²) in [5.74, 6) is -0.0243. The van der Waals surface area contributed by atoms with Gasteiger partial charge in [-0.3, -0.25) is 14.2 Å². The highest BCUT2D eigenvalue weighted by Crippen LogP contribution is 2.34. The maximum absolute atomic E-state index is 13.5. The van der Waals surface area contributed by atoms with Gasteiger partial charge in [0.1, 0.15) is 4.83 Å². The number of thiophene rings is 1. The molecule has 30 heavy (non-hydrogen) atoms. The predicted molar refractivity (Wildman–Crippen MR) is 122 cm³/mol. The molecule has 3 aromatic rings. The average molecular weight is 425 g/mol. The molecule has 0 aliphatic heterocycles. The van der Waals surface area contributed by atoms with Crippen LogP contribution in [0.3, 0.4) is 0 Å². The SMILES string of the molecule is CCc1ccc(-n2c(=O)c3c4c(sc3n(CC(=O)C(C)(C)C)c2=O)CCCC4)cc1. The number of carbonyl (C=O) groups excluding carboxylic acids is 1. The first-order chi connectivity index (χ1) is 14.2. The van der Waals surface area contributed by atoms with Gasteiger partial charge in [0.2, 0.25) is 0 Å². The van der Waals surface area contributed by atoms with Crippen molar-refractivity contribution in [3.8, 4) is 5.69 Å². The van der Waals surface area contributed by atoms with E-state index in [0.717, 1.165) is 43.2 Å². The Kier molecular flexibility index (Phi) is 5.30. The molecule has 5 nitrogen and oxygen atoms in total. The smallest absolute Gasteiger partial charge is 0.297 e. The average Bonchev–Trinajstić information content (AvgIpc) is 3.10. The summed E-state index contributed by atoms with van der Waals surface area (Å²) in [6.07, 6.45) is 4.81. The van der Waals surface area contributed by atoms with Gasteiger partial charge in [0.05, 0.1) is 17.6 Å². The Hall–Kier alpha value is -2.47. The molecule has 0 unspecified atom stereocenters. The van der Waals surface area contributed by atoms with Crippen LogP contribution in [-0.2, 0) is 30.6 Å². The van der Waals surface area contributed by atoms with E-state index in [9.17, 15) is 14.4 Å². The third-order valence-electron chi connectivity index (χ3n) is 5.98. The van der Waals surface area contributed by atoms with E-state index >= 15 is 0 Å². The van der Waals surface area contributed by atoms with E-state index in [1.165, 1.54) is 25.3 Å². The zero-order valence-electron chi connectivity index (χ0n) is 18.1. The van der Waals surface area contributed by atoms with Gasteiger partial charge in [0.15, 0.2) is 5.78 Å². The van der Waals surface area contributed by atoms with Crippen molar-refractivity contribution in [2.45, 2.75) is 66.3 Å². The molecule has 0 bridgehead atoms. The van der Waals surface area contributed by atoms with Crippen molar-refractivity contribution < 1.29 is 4.79 Å². The van der Waals surface area contributed by atoms with Crippen LogP contribution < -0.4 is 11.2 Å². The minimum Gasteiger partial charge on any atom is -0.297 e. The highest BCUT2D eigenvalue weighted by molar-refractivity contribution is 7.18. The Morgan fingerprint density at radius 3 is 2.37 bits per heavy atom. The number of nitrogens with zero attached hydrogens (tertiary/aromatic N) is 2. The first kappa shape index (κ1) is 20.8. The Labute approximate surface area is 180 Å². The maximum Gasteiger partial charge on any atom is 0.337 e. The van der Waals surface area contributed by atoms with Gasteiger partial charge in [0.25, 0.3) is 5.56 Å². The van der Waals surface area contributed by atoms with Crippen molar-refractivity contribution >= 4 is 27.3 Å². The molecule has 0 saturated heterocycles. The van der Waals surface area contributed by atoms with Crippen LogP contribution in [0.25, 0.3) is 15.9 Å². The van der Waals surface area contributed by atoms with Crippen molar-refractivity contribution in [3.63, 3.8) is 0 Å². The molecule has 0 amide bonds. The maximum atomic E-state index is 13.5. The Balaban J connectivity index is 2.03. The molecule has 0 atom stereocenters. The quantitative estimate of drug-likeness (QED) is 0.628. The molecule has 0 saturated carbocycles. The van der Waals surface area contributed by atoms with Gasteiger partial charge in [-0.15, -0.1) is 11.3 Å². The first-order valence-corrected chi connectivity index (χ1v) is 11.5. The van der Waals surface area contributed by atoms with Crippen LogP contribution in [0.1, 0.15) is 56.5 Å². The molecule has 158 valence electrons. The van der Waals surface area contributed by atoms with Crippen molar-refractivity contribution in [3.05, 3.63) is 61.1 Å². The number of benzene rings is 1. The van der Waals surface area contributed by atoms with E-state index in [0.29, 0.717) is 15.9 Å². The predicted octanol–water partition coefficient (Wildman–Crippen LogP) is 4.27. The van der Waals surface area contributed by atoms with Gasteiger partial charge >= 0.3 is 5.69 Å². The second-order valence-electron chi connectivity index (χ2n) is 9.09. The molecule has 4 rings (SSSR count). The summed E-state index contributed by atoms with van der Waals surface area (Å²) in [6, 6.07) is 7.53. The number of hydrogen-bond donors (Lipinski definition) is 0. The third-order valence-corrected chi connectivity index (χ3v) is 7.29. The number of aryl methyl sites for hydroxylation is 3. The molecule has 6 heteroatoms. The highest BCUT2D eigenvalue weighted by Gasteiger charge is 2.27. The number of hydrogen-bond acceptors (Lipinski definition) is 4. The van der Waals surface area contributed by atoms with Crippen LogP contribution in [0.4, 0.5) is 0 Å². The lowest BCUT2D eigenvalue weighted by Gasteiger charge is -2.19. The molecule has 1 aliphatic carbocycles. The molecule has 0 fully saturated rings. The van der Waals surface area contributed by atoms with Crippen LogP contribution in [0.15, 0.2) is 33.9 Å². The first-order valence-electron chi connectivity index (χ1n) is 10.6. The van der Waals surface area contributed by atoms with Crippen LogP contribution in [0.5, 0.6) is 0 Å². The van der Waals surface area contributed by atoms with Gasteiger partial charge in [-0.25, -0.2) is 9.36 Å². The van der Waals surface area contributed by atoms with Crippen LogP contribution in [-0.4, -0.2) is 14.9 Å². The summed E-state index contributed by atoms with van der Waals surface area (Å²) in [6.45, 7) is 7.62. The summed E-state index contributed by atoms with van der Waals surface area (Å²) in [7, 11) is 0. The number of carbonyl (C=O) groups is 1. The lowest BCUT2D eigenvalue weighted by molar-refractivity contribution is -0.126. The van der Waals surface area contributed by atoms with E-state index in [4.69, 9.17) is 0 Å². The van der Waals surface area contributed by atoms with E-state index in [1.54, 1.807) is 0 Å². The molecular weight excluding hydrogens is 396 g/mol. The second kappa shape index (κ2) is 7.65. The fraction of sp³-hybridized carbons (Fsp3) is 0.458. The molecule has 2 aromatic heterocycles. The second-order valence-corrected chi connectivity index (χ2v) is 10.2. The molecule has 1 aromatic carbocycles. The van der Waals surface area contributed by atoms with Gasteiger partial charge in [0, 0.05) is 10.3 Å². The topological polar surface area (TPSA) is 61.1 Å². The number of fused-ring (bicyclic) bond motifs is 3. The van der Waals surface area contributed by atoms with Gasteiger partial charge in [-0.2, -0.15) is 0 Å². The van der Waals surface area contributed by atoms with Crippen LogP contribution in [0, 0.1) is 5.41 Å². The van der Waals surface area contributed by atoms with Gasteiger partial charge < -0.3 is 0 Å². The van der Waals surface area contributed by atoms with Crippen molar-refractivity contribution in [2.24, 2.45) is 5.41 Å². The highest BCUT2D eigenvalue weighted by atomic mass is 32.1. The van der Waals surface area contributed by atoms with Crippen molar-refractivity contribution in [1.82, 2.24) is 9.13 Å².